The fraction of sp³-hybridized carbons (Fsp3) is 0.407. The third kappa shape index (κ3) is 4.32. The smallest absolute Gasteiger partial charge is 0.255 e. The molecule has 0 radical (unpaired) electrons. The predicted molar refractivity (Wildman–Crippen MR) is 126 cm³/mol. The molecule has 0 saturated carbocycles. The number of likely N-dealkylation sites (tertiary alicyclic amines) is 1. The number of benzene rings is 2. The summed E-state index contributed by atoms with van der Waals surface area (Å²) in [4.78, 5) is 40.8. The van der Waals surface area contributed by atoms with Crippen molar-refractivity contribution in [1.29, 1.82) is 5.26 Å². The maximum absolute atomic E-state index is 14.6. The number of nitrogens with one attached hydrogen (secondary N) is 1. The fourth-order valence-electron chi connectivity index (χ4n) is 5.64. The lowest BCUT2D eigenvalue weighted by atomic mass is 9.85. The van der Waals surface area contributed by atoms with Crippen molar-refractivity contribution < 1.29 is 18.8 Å². The van der Waals surface area contributed by atoms with Crippen molar-refractivity contribution in [1.82, 2.24) is 15.1 Å². The minimum Gasteiger partial charge on any atom is -0.322 e. The normalized spacial score (nSPS) is 21.1. The molecule has 0 bridgehead atoms. The van der Waals surface area contributed by atoms with Gasteiger partial charge in [0.2, 0.25) is 11.8 Å². The highest BCUT2D eigenvalue weighted by molar-refractivity contribution is 6.05. The van der Waals surface area contributed by atoms with Crippen LogP contribution in [0.25, 0.3) is 0 Å². The van der Waals surface area contributed by atoms with Gasteiger partial charge in [0.1, 0.15) is 11.9 Å². The van der Waals surface area contributed by atoms with Crippen LogP contribution in [-0.4, -0.2) is 46.7 Å². The molecule has 180 valence electrons. The third-order valence-corrected chi connectivity index (χ3v) is 7.64. The van der Waals surface area contributed by atoms with Gasteiger partial charge < -0.3 is 4.90 Å². The zero-order valence-corrected chi connectivity index (χ0v) is 19.6. The largest absolute Gasteiger partial charge is 0.322 e. The van der Waals surface area contributed by atoms with E-state index in [1.807, 2.05) is 19.1 Å². The lowest BCUT2D eigenvalue weighted by Crippen LogP contribution is -2.52. The Balaban J connectivity index is 1.31. The summed E-state index contributed by atoms with van der Waals surface area (Å²) >= 11 is 0. The van der Waals surface area contributed by atoms with Crippen LogP contribution in [0, 0.1) is 24.1 Å². The standard InChI is InChI=1S/C27H27FN4O3/c1-16-18(13-29)3-2-4-19(16)14-31-9-7-17(8-10-31)21-11-20(28)12-22-23(21)15-32(27(22)35)24-5-6-25(33)30-26(24)34/h2-4,11-12,17,24H,5-10,14-15H2,1H3,(H,30,33,34). The molecule has 35 heavy (non-hydrogen) atoms. The Morgan fingerprint density at radius 1 is 1.14 bits per heavy atom. The predicted octanol–water partition coefficient (Wildman–Crippen LogP) is 3.15. The fourth-order valence-corrected chi connectivity index (χ4v) is 5.64. The zero-order valence-electron chi connectivity index (χ0n) is 19.6. The van der Waals surface area contributed by atoms with Crippen molar-refractivity contribution in [3.05, 3.63) is 69.5 Å². The molecule has 1 unspecified atom stereocenters. The van der Waals surface area contributed by atoms with E-state index >= 15 is 0 Å². The Kier molecular flexibility index (Phi) is 6.12. The van der Waals surface area contributed by atoms with E-state index in [1.165, 1.54) is 11.0 Å². The molecule has 0 aliphatic carbocycles. The van der Waals surface area contributed by atoms with Gasteiger partial charge in [0.25, 0.3) is 5.91 Å². The topological polar surface area (TPSA) is 93.5 Å². The molecular weight excluding hydrogens is 447 g/mol. The highest BCUT2D eigenvalue weighted by atomic mass is 19.1. The molecule has 1 N–H and O–H groups in total. The molecule has 3 amide bonds. The summed E-state index contributed by atoms with van der Waals surface area (Å²) in [5.41, 5.74) is 4.82. The van der Waals surface area contributed by atoms with Crippen molar-refractivity contribution in [2.45, 2.75) is 57.7 Å². The van der Waals surface area contributed by atoms with Gasteiger partial charge in [0.15, 0.2) is 0 Å². The summed E-state index contributed by atoms with van der Waals surface area (Å²) in [6, 6.07) is 10.1. The monoisotopic (exact) mass is 474 g/mol. The first kappa shape index (κ1) is 23.2. The van der Waals surface area contributed by atoms with Crippen molar-refractivity contribution in [2.24, 2.45) is 0 Å². The second kappa shape index (κ2) is 9.23. The maximum atomic E-state index is 14.6. The van der Waals surface area contributed by atoms with Crippen LogP contribution in [0.5, 0.6) is 0 Å². The first-order valence-electron chi connectivity index (χ1n) is 12.0. The van der Waals surface area contributed by atoms with Crippen LogP contribution < -0.4 is 5.32 Å². The lowest BCUT2D eigenvalue weighted by Gasteiger charge is -2.33. The molecule has 0 aromatic heterocycles. The van der Waals surface area contributed by atoms with E-state index < -0.39 is 17.8 Å². The minimum absolute atomic E-state index is 0.122. The van der Waals surface area contributed by atoms with Gasteiger partial charge in [-0.15, -0.1) is 0 Å². The van der Waals surface area contributed by atoms with E-state index in [9.17, 15) is 24.0 Å². The molecule has 2 fully saturated rings. The number of hydrogen-bond donors (Lipinski definition) is 1. The van der Waals surface area contributed by atoms with Gasteiger partial charge in [0.05, 0.1) is 11.6 Å². The number of imide groups is 1. The van der Waals surface area contributed by atoms with Crippen molar-refractivity contribution in [2.75, 3.05) is 13.1 Å². The molecule has 1 atom stereocenters. The van der Waals surface area contributed by atoms with Crippen molar-refractivity contribution >= 4 is 17.7 Å². The molecule has 2 aromatic rings. The van der Waals surface area contributed by atoms with Gasteiger partial charge in [0, 0.05) is 25.1 Å². The molecule has 5 rings (SSSR count). The Labute approximate surface area is 203 Å². The molecule has 3 aliphatic heterocycles. The number of halogens is 1. The van der Waals surface area contributed by atoms with Gasteiger partial charge in [-0.25, -0.2) is 4.39 Å². The van der Waals surface area contributed by atoms with Crippen molar-refractivity contribution in [3.63, 3.8) is 0 Å². The Bertz CT molecular complexity index is 1260. The Hall–Kier alpha value is -3.57. The van der Waals surface area contributed by atoms with E-state index in [1.54, 1.807) is 6.07 Å². The number of hydrogen-bond acceptors (Lipinski definition) is 5. The third-order valence-electron chi connectivity index (χ3n) is 7.64. The van der Waals surface area contributed by atoms with Crippen LogP contribution in [0.4, 0.5) is 4.39 Å². The molecular formula is C27H27FN4O3. The van der Waals surface area contributed by atoms with E-state index in [2.05, 4.69) is 22.4 Å². The van der Waals surface area contributed by atoms with Crippen LogP contribution in [-0.2, 0) is 22.7 Å². The number of piperidine rings is 2. The summed E-state index contributed by atoms with van der Waals surface area (Å²) in [5.74, 6) is -1.46. The first-order chi connectivity index (χ1) is 16.9. The molecule has 2 saturated heterocycles. The van der Waals surface area contributed by atoms with Gasteiger partial charge in [-0.2, -0.15) is 5.26 Å². The van der Waals surface area contributed by atoms with Gasteiger partial charge in [-0.05, 0) is 85.6 Å². The minimum atomic E-state index is -0.710. The number of carbonyl (C=O) groups excluding carboxylic acids is 3. The zero-order chi connectivity index (χ0) is 24.7. The summed E-state index contributed by atoms with van der Waals surface area (Å²) in [7, 11) is 0. The summed E-state index contributed by atoms with van der Waals surface area (Å²) in [6.07, 6.45) is 2.14. The van der Waals surface area contributed by atoms with Crippen LogP contribution in [0.3, 0.4) is 0 Å². The van der Waals surface area contributed by atoms with Crippen molar-refractivity contribution in [3.8, 4) is 6.07 Å². The molecule has 7 nitrogen and oxygen atoms in total. The van der Waals surface area contributed by atoms with Gasteiger partial charge in [-0.3, -0.25) is 24.6 Å². The lowest BCUT2D eigenvalue weighted by molar-refractivity contribution is -0.136. The van der Waals surface area contributed by atoms with E-state index in [-0.39, 0.29) is 37.1 Å². The number of carbonyl (C=O) groups is 3. The molecule has 8 heteroatoms. The van der Waals surface area contributed by atoms with E-state index in [4.69, 9.17) is 0 Å². The van der Waals surface area contributed by atoms with Gasteiger partial charge >= 0.3 is 0 Å². The first-order valence-corrected chi connectivity index (χ1v) is 12.0. The molecule has 2 aromatic carbocycles. The molecule has 3 heterocycles. The number of rotatable bonds is 4. The van der Waals surface area contributed by atoms with E-state index in [0.29, 0.717) is 11.1 Å². The maximum Gasteiger partial charge on any atom is 0.255 e. The average molecular weight is 475 g/mol. The second-order valence-corrected chi connectivity index (χ2v) is 9.67. The Morgan fingerprint density at radius 3 is 2.63 bits per heavy atom. The van der Waals surface area contributed by atoms with Crippen LogP contribution >= 0.6 is 0 Å². The number of nitriles is 1. The number of fused-ring (bicyclic) bond motifs is 1. The Morgan fingerprint density at radius 2 is 1.91 bits per heavy atom. The summed E-state index contributed by atoms with van der Waals surface area (Å²) in [6.45, 7) is 4.66. The molecule has 0 spiro atoms. The second-order valence-electron chi connectivity index (χ2n) is 9.67. The van der Waals surface area contributed by atoms with Crippen LogP contribution in [0.2, 0.25) is 0 Å². The summed E-state index contributed by atoms with van der Waals surface area (Å²) in [5, 5.41) is 11.6. The van der Waals surface area contributed by atoms with Crippen LogP contribution in [0.15, 0.2) is 30.3 Å². The van der Waals surface area contributed by atoms with E-state index in [0.717, 1.165) is 54.7 Å². The average Bonchev–Trinajstić information content (AvgIpc) is 3.16. The highest BCUT2D eigenvalue weighted by Gasteiger charge is 2.41. The number of nitrogens with zero attached hydrogens (tertiary/aromatic N) is 3. The SMILES string of the molecule is Cc1c(C#N)cccc1CN1CCC(c2cc(F)cc3c2CN(C2CCC(=O)NC2=O)C3=O)CC1. The quantitative estimate of drug-likeness (QED) is 0.688. The highest BCUT2D eigenvalue weighted by Crippen LogP contribution is 2.38. The van der Waals surface area contributed by atoms with Gasteiger partial charge in [-0.1, -0.05) is 12.1 Å². The van der Waals surface area contributed by atoms with Crippen LogP contribution in [0.1, 0.15) is 69.8 Å². The molecule has 3 aliphatic rings. The summed E-state index contributed by atoms with van der Waals surface area (Å²) < 4.78 is 14.6. The number of amides is 3.